The molecule has 2 N–H and O–H groups in total. The number of amides is 1. The van der Waals surface area contributed by atoms with Crippen LogP contribution in [0.25, 0.3) is 10.9 Å². The van der Waals surface area contributed by atoms with Gasteiger partial charge in [-0.1, -0.05) is 11.6 Å². The number of ketones is 1. The molecule has 0 aliphatic carbocycles. The first kappa shape index (κ1) is 14.2. The summed E-state index contributed by atoms with van der Waals surface area (Å²) >= 11 is 5.80. The van der Waals surface area contributed by atoms with E-state index in [-0.39, 0.29) is 18.2 Å². The molecule has 3 heterocycles. The van der Waals surface area contributed by atoms with Crippen LogP contribution in [0.3, 0.4) is 0 Å². The van der Waals surface area contributed by atoms with Crippen LogP contribution < -0.4 is 5.32 Å². The highest BCUT2D eigenvalue weighted by Crippen LogP contribution is 2.17. The van der Waals surface area contributed by atoms with E-state index in [0.29, 0.717) is 21.9 Å². The largest absolute Gasteiger partial charge is 0.349 e. The van der Waals surface area contributed by atoms with Crippen LogP contribution in [-0.4, -0.2) is 33.2 Å². The third kappa shape index (κ3) is 2.96. The van der Waals surface area contributed by atoms with E-state index in [1.54, 1.807) is 36.7 Å². The topological polar surface area (TPSA) is 87.7 Å². The van der Waals surface area contributed by atoms with Crippen molar-refractivity contribution < 1.29 is 9.59 Å². The second kappa shape index (κ2) is 5.95. The number of carbonyl (C=O) groups is 2. The van der Waals surface area contributed by atoms with E-state index >= 15 is 0 Å². The van der Waals surface area contributed by atoms with Gasteiger partial charge in [0.25, 0.3) is 5.91 Å². The van der Waals surface area contributed by atoms with Gasteiger partial charge in [0.2, 0.25) is 0 Å². The van der Waals surface area contributed by atoms with E-state index in [9.17, 15) is 9.59 Å². The standard InChI is InChI=1S/C15H11ClN4O2/c16-14-5-10-4-11(20-12(10)7-18-14)15(22)19-8-13(21)9-2-1-3-17-6-9/h1-7,20H,8H2,(H,19,22). The molecular weight excluding hydrogens is 304 g/mol. The van der Waals surface area contributed by atoms with E-state index in [0.717, 1.165) is 5.39 Å². The molecule has 0 saturated carbocycles. The van der Waals surface area contributed by atoms with Crippen molar-refractivity contribution in [1.29, 1.82) is 0 Å². The molecular formula is C15H11ClN4O2. The summed E-state index contributed by atoms with van der Waals surface area (Å²) in [5, 5.41) is 3.71. The minimum Gasteiger partial charge on any atom is -0.349 e. The number of carbonyl (C=O) groups excluding carboxylic acids is 2. The molecule has 7 heteroatoms. The first-order valence-electron chi connectivity index (χ1n) is 6.49. The Morgan fingerprint density at radius 1 is 1.27 bits per heavy atom. The van der Waals surface area contributed by atoms with Gasteiger partial charge in [-0.2, -0.15) is 0 Å². The molecule has 1 amide bonds. The highest BCUT2D eigenvalue weighted by atomic mass is 35.5. The van der Waals surface area contributed by atoms with Crippen LogP contribution in [0.15, 0.2) is 42.9 Å². The smallest absolute Gasteiger partial charge is 0.268 e. The number of aromatic nitrogens is 3. The molecule has 22 heavy (non-hydrogen) atoms. The zero-order valence-corrected chi connectivity index (χ0v) is 12.1. The molecule has 0 spiro atoms. The van der Waals surface area contributed by atoms with Crippen molar-refractivity contribution in [2.45, 2.75) is 0 Å². The normalized spacial score (nSPS) is 10.6. The van der Waals surface area contributed by atoms with E-state index < -0.39 is 0 Å². The van der Waals surface area contributed by atoms with Gasteiger partial charge in [0.1, 0.15) is 10.8 Å². The van der Waals surface area contributed by atoms with Crippen LogP contribution >= 0.6 is 11.6 Å². The maximum Gasteiger partial charge on any atom is 0.268 e. The maximum atomic E-state index is 12.1. The second-order valence-electron chi connectivity index (χ2n) is 4.62. The molecule has 0 saturated heterocycles. The lowest BCUT2D eigenvalue weighted by Gasteiger charge is -2.02. The predicted octanol–water partition coefficient (Wildman–Crippen LogP) is 2.22. The number of halogens is 1. The van der Waals surface area contributed by atoms with Crippen LogP contribution in [0.2, 0.25) is 5.15 Å². The molecule has 0 aliphatic rings. The molecule has 0 radical (unpaired) electrons. The number of nitrogens with zero attached hydrogens (tertiary/aromatic N) is 2. The molecule has 6 nitrogen and oxygen atoms in total. The Morgan fingerprint density at radius 3 is 2.91 bits per heavy atom. The number of hydrogen-bond acceptors (Lipinski definition) is 4. The van der Waals surface area contributed by atoms with Crippen LogP contribution in [0.4, 0.5) is 0 Å². The molecule has 3 rings (SSSR count). The summed E-state index contributed by atoms with van der Waals surface area (Å²) < 4.78 is 0. The summed E-state index contributed by atoms with van der Waals surface area (Å²) in [6, 6.07) is 6.64. The molecule has 0 bridgehead atoms. The van der Waals surface area contributed by atoms with Crippen molar-refractivity contribution in [1.82, 2.24) is 20.3 Å². The number of hydrogen-bond donors (Lipinski definition) is 2. The lowest BCUT2D eigenvalue weighted by Crippen LogP contribution is -2.29. The van der Waals surface area contributed by atoms with Crippen LogP contribution in [0, 0.1) is 0 Å². The minimum absolute atomic E-state index is 0.0983. The van der Waals surface area contributed by atoms with Gasteiger partial charge in [-0.25, -0.2) is 4.98 Å². The number of H-pyrrole nitrogens is 1. The Morgan fingerprint density at radius 2 is 2.14 bits per heavy atom. The summed E-state index contributed by atoms with van der Waals surface area (Å²) in [7, 11) is 0. The molecule has 0 atom stereocenters. The number of rotatable bonds is 4. The Labute approximate surface area is 130 Å². The lowest BCUT2D eigenvalue weighted by atomic mass is 10.2. The van der Waals surface area contributed by atoms with Crippen LogP contribution in [0.5, 0.6) is 0 Å². The van der Waals surface area contributed by atoms with Gasteiger partial charge in [-0.3, -0.25) is 14.6 Å². The molecule has 3 aromatic rings. The monoisotopic (exact) mass is 314 g/mol. The third-order valence-corrected chi connectivity index (χ3v) is 3.32. The molecule has 0 fully saturated rings. The van der Waals surface area contributed by atoms with Crippen molar-refractivity contribution in [3.8, 4) is 0 Å². The zero-order chi connectivity index (χ0) is 15.5. The molecule has 3 aromatic heterocycles. The van der Waals surface area contributed by atoms with Crippen LogP contribution in [-0.2, 0) is 0 Å². The zero-order valence-electron chi connectivity index (χ0n) is 11.3. The first-order chi connectivity index (χ1) is 10.6. The van der Waals surface area contributed by atoms with Gasteiger partial charge in [0.05, 0.1) is 18.3 Å². The number of nitrogens with one attached hydrogen (secondary N) is 2. The molecule has 0 unspecified atom stereocenters. The SMILES string of the molecule is O=C(CNC(=O)c1cc2cc(Cl)ncc2[nH]1)c1cccnc1. The van der Waals surface area contributed by atoms with Gasteiger partial charge in [-0.05, 0) is 24.3 Å². The van der Waals surface area contributed by atoms with Crippen molar-refractivity contribution in [2.75, 3.05) is 6.54 Å². The van der Waals surface area contributed by atoms with E-state index in [2.05, 4.69) is 20.3 Å². The average molecular weight is 315 g/mol. The van der Waals surface area contributed by atoms with Gasteiger partial charge < -0.3 is 10.3 Å². The fourth-order valence-corrected chi connectivity index (χ4v) is 2.18. The fraction of sp³-hybridized carbons (Fsp3) is 0.0667. The van der Waals surface area contributed by atoms with Crippen molar-refractivity contribution in [3.63, 3.8) is 0 Å². The summed E-state index contributed by atoms with van der Waals surface area (Å²) in [6.07, 6.45) is 4.60. The first-order valence-corrected chi connectivity index (χ1v) is 6.87. The van der Waals surface area contributed by atoms with E-state index in [1.807, 2.05) is 0 Å². The van der Waals surface area contributed by atoms with E-state index in [4.69, 9.17) is 11.6 Å². The Bertz CT molecular complexity index is 845. The fourth-order valence-electron chi connectivity index (χ4n) is 2.01. The third-order valence-electron chi connectivity index (χ3n) is 3.11. The highest BCUT2D eigenvalue weighted by Gasteiger charge is 2.12. The Kier molecular flexibility index (Phi) is 3.84. The lowest BCUT2D eigenvalue weighted by molar-refractivity contribution is 0.0901. The second-order valence-corrected chi connectivity index (χ2v) is 5.01. The summed E-state index contributed by atoms with van der Waals surface area (Å²) in [4.78, 5) is 34.7. The Balaban J connectivity index is 1.69. The van der Waals surface area contributed by atoms with E-state index in [1.165, 1.54) is 6.20 Å². The van der Waals surface area contributed by atoms with Crippen molar-refractivity contribution in [3.05, 3.63) is 59.3 Å². The summed E-state index contributed by atoms with van der Waals surface area (Å²) in [5.41, 5.74) is 1.50. The number of aromatic amines is 1. The average Bonchev–Trinajstić information content (AvgIpc) is 2.96. The molecule has 110 valence electrons. The molecule has 0 aliphatic heterocycles. The Hall–Kier alpha value is -2.73. The van der Waals surface area contributed by atoms with Gasteiger partial charge >= 0.3 is 0 Å². The number of fused-ring (bicyclic) bond motifs is 1. The highest BCUT2D eigenvalue weighted by molar-refractivity contribution is 6.30. The predicted molar refractivity (Wildman–Crippen MR) is 82.0 cm³/mol. The van der Waals surface area contributed by atoms with Crippen molar-refractivity contribution in [2.24, 2.45) is 0 Å². The quantitative estimate of drug-likeness (QED) is 0.571. The minimum atomic E-state index is -0.371. The van der Waals surface area contributed by atoms with Gasteiger partial charge in [0.15, 0.2) is 5.78 Å². The summed E-state index contributed by atoms with van der Waals surface area (Å²) in [5.74, 6) is -0.577. The van der Waals surface area contributed by atoms with Gasteiger partial charge in [0, 0.05) is 23.3 Å². The number of Topliss-reactive ketones (excluding diaryl/α,β-unsaturated/α-hetero) is 1. The molecule has 0 aromatic carbocycles. The van der Waals surface area contributed by atoms with Crippen LogP contribution in [0.1, 0.15) is 20.8 Å². The maximum absolute atomic E-state index is 12.1. The van der Waals surface area contributed by atoms with Crippen molar-refractivity contribution >= 4 is 34.2 Å². The number of pyridine rings is 2. The van der Waals surface area contributed by atoms with Gasteiger partial charge in [-0.15, -0.1) is 0 Å². The summed E-state index contributed by atoms with van der Waals surface area (Å²) in [6.45, 7) is -0.0983.